The highest BCUT2D eigenvalue weighted by Crippen LogP contribution is 2.15. The topological polar surface area (TPSA) is 55.3 Å². The summed E-state index contributed by atoms with van der Waals surface area (Å²) in [4.78, 5) is 21.6. The Morgan fingerprint density at radius 3 is 2.56 bits per heavy atom. The van der Waals surface area contributed by atoms with E-state index in [4.69, 9.17) is 0 Å². The predicted molar refractivity (Wildman–Crippen MR) is 61.7 cm³/mol. The van der Waals surface area contributed by atoms with Crippen LogP contribution in [0, 0.1) is 6.92 Å². The van der Waals surface area contributed by atoms with Gasteiger partial charge in [0.2, 0.25) is 5.82 Å². The zero-order valence-corrected chi connectivity index (χ0v) is 10.1. The van der Waals surface area contributed by atoms with Gasteiger partial charge in [0.05, 0.1) is 7.11 Å². The molecule has 1 heterocycles. The van der Waals surface area contributed by atoms with Crippen LogP contribution < -0.4 is 4.90 Å². The lowest BCUT2D eigenvalue weighted by atomic mass is 10.3. The van der Waals surface area contributed by atoms with Gasteiger partial charge in [0.1, 0.15) is 5.82 Å². The molecule has 1 rings (SSSR count). The van der Waals surface area contributed by atoms with Crippen LogP contribution in [0.4, 0.5) is 5.82 Å². The summed E-state index contributed by atoms with van der Waals surface area (Å²) in [6.45, 7) is 7.70. The van der Waals surface area contributed by atoms with Crippen LogP contribution in [-0.2, 0) is 4.74 Å². The Bertz CT molecular complexity index is 375. The van der Waals surface area contributed by atoms with E-state index in [0.29, 0.717) is 0 Å². The Kier molecular flexibility index (Phi) is 4.22. The molecule has 0 unspecified atom stereocenters. The molecule has 0 fully saturated rings. The normalized spacial score (nSPS) is 10.0. The first-order valence-electron chi connectivity index (χ1n) is 5.30. The van der Waals surface area contributed by atoms with Gasteiger partial charge in [-0.1, -0.05) is 0 Å². The summed E-state index contributed by atoms with van der Waals surface area (Å²) >= 11 is 0. The molecule has 0 aliphatic heterocycles. The van der Waals surface area contributed by atoms with Crippen molar-refractivity contribution in [2.45, 2.75) is 20.8 Å². The van der Waals surface area contributed by atoms with Crippen LogP contribution in [-0.4, -0.2) is 36.1 Å². The fraction of sp³-hybridized carbons (Fsp3) is 0.545. The maximum Gasteiger partial charge on any atom is 0.376 e. The van der Waals surface area contributed by atoms with Gasteiger partial charge in [-0.2, -0.15) is 0 Å². The lowest BCUT2D eigenvalue weighted by Gasteiger charge is -2.21. The molecule has 0 radical (unpaired) electrons. The molecular formula is C11H17N3O2. The Balaban J connectivity index is 3.12. The summed E-state index contributed by atoms with van der Waals surface area (Å²) in [5, 5.41) is 0. The molecule has 0 aromatic carbocycles. The SMILES string of the molecule is CCN(CC)c1nc(C(=O)OC)ncc1C. The Morgan fingerprint density at radius 2 is 2.06 bits per heavy atom. The lowest BCUT2D eigenvalue weighted by molar-refractivity contribution is 0.0586. The van der Waals surface area contributed by atoms with E-state index in [1.54, 1.807) is 6.20 Å². The summed E-state index contributed by atoms with van der Waals surface area (Å²) < 4.78 is 4.60. The summed E-state index contributed by atoms with van der Waals surface area (Å²) in [6.07, 6.45) is 1.65. The first-order chi connectivity index (χ1) is 7.63. The molecule has 0 saturated heterocycles. The first-order valence-corrected chi connectivity index (χ1v) is 5.30. The number of nitrogens with zero attached hydrogens (tertiary/aromatic N) is 3. The molecule has 1 aromatic heterocycles. The van der Waals surface area contributed by atoms with Crippen molar-refractivity contribution in [3.63, 3.8) is 0 Å². The van der Waals surface area contributed by atoms with Crippen LogP contribution in [0.1, 0.15) is 30.0 Å². The van der Waals surface area contributed by atoms with Crippen molar-refractivity contribution in [2.24, 2.45) is 0 Å². The van der Waals surface area contributed by atoms with Crippen molar-refractivity contribution in [2.75, 3.05) is 25.1 Å². The van der Waals surface area contributed by atoms with Gasteiger partial charge in [-0.15, -0.1) is 0 Å². The van der Waals surface area contributed by atoms with Gasteiger partial charge in [-0.3, -0.25) is 0 Å². The van der Waals surface area contributed by atoms with E-state index in [9.17, 15) is 4.79 Å². The quantitative estimate of drug-likeness (QED) is 0.722. The molecule has 88 valence electrons. The Labute approximate surface area is 95.5 Å². The first kappa shape index (κ1) is 12.4. The van der Waals surface area contributed by atoms with Crippen molar-refractivity contribution < 1.29 is 9.53 Å². The van der Waals surface area contributed by atoms with Crippen molar-refractivity contribution in [3.05, 3.63) is 17.6 Å². The van der Waals surface area contributed by atoms with Crippen molar-refractivity contribution >= 4 is 11.8 Å². The van der Waals surface area contributed by atoms with Crippen LogP contribution in [0.2, 0.25) is 0 Å². The number of esters is 1. The number of methoxy groups -OCH3 is 1. The second-order valence-corrected chi connectivity index (χ2v) is 3.36. The molecule has 0 aliphatic carbocycles. The van der Waals surface area contributed by atoms with E-state index in [0.717, 1.165) is 24.5 Å². The third kappa shape index (κ3) is 2.48. The fourth-order valence-corrected chi connectivity index (χ4v) is 1.47. The van der Waals surface area contributed by atoms with Gasteiger partial charge in [0, 0.05) is 24.8 Å². The average molecular weight is 223 g/mol. The molecule has 0 N–H and O–H groups in total. The van der Waals surface area contributed by atoms with E-state index in [1.165, 1.54) is 7.11 Å². The molecule has 0 spiro atoms. The summed E-state index contributed by atoms with van der Waals surface area (Å²) in [5.74, 6) is 0.392. The molecule has 1 aromatic rings. The molecule has 5 heteroatoms. The number of rotatable bonds is 4. The number of carbonyl (C=O) groups excluding carboxylic acids is 1. The highest BCUT2D eigenvalue weighted by atomic mass is 16.5. The number of aromatic nitrogens is 2. The third-order valence-corrected chi connectivity index (χ3v) is 2.38. The zero-order chi connectivity index (χ0) is 12.1. The van der Waals surface area contributed by atoms with Crippen LogP contribution in [0.5, 0.6) is 0 Å². The van der Waals surface area contributed by atoms with E-state index in [1.807, 2.05) is 20.8 Å². The molecule has 0 atom stereocenters. The molecule has 16 heavy (non-hydrogen) atoms. The molecule has 0 amide bonds. The molecular weight excluding hydrogens is 206 g/mol. The summed E-state index contributed by atoms with van der Waals surface area (Å²) in [7, 11) is 1.32. The molecule has 0 bridgehead atoms. The number of hydrogen-bond donors (Lipinski definition) is 0. The van der Waals surface area contributed by atoms with Crippen molar-refractivity contribution in [1.82, 2.24) is 9.97 Å². The minimum Gasteiger partial charge on any atom is -0.463 e. The molecule has 5 nitrogen and oxygen atoms in total. The highest BCUT2D eigenvalue weighted by molar-refractivity contribution is 5.85. The second-order valence-electron chi connectivity index (χ2n) is 3.36. The van der Waals surface area contributed by atoms with Crippen molar-refractivity contribution in [1.29, 1.82) is 0 Å². The predicted octanol–water partition coefficient (Wildman–Crippen LogP) is 1.42. The number of anilines is 1. The number of aryl methyl sites for hydroxylation is 1. The molecule has 0 saturated carbocycles. The highest BCUT2D eigenvalue weighted by Gasteiger charge is 2.14. The largest absolute Gasteiger partial charge is 0.463 e. The second kappa shape index (κ2) is 5.44. The summed E-state index contributed by atoms with van der Waals surface area (Å²) in [6, 6.07) is 0. The van der Waals surface area contributed by atoms with Gasteiger partial charge < -0.3 is 9.64 Å². The van der Waals surface area contributed by atoms with E-state index in [-0.39, 0.29) is 5.82 Å². The van der Waals surface area contributed by atoms with Gasteiger partial charge in [-0.25, -0.2) is 14.8 Å². The van der Waals surface area contributed by atoms with E-state index in [2.05, 4.69) is 19.6 Å². The van der Waals surface area contributed by atoms with Gasteiger partial charge in [0.15, 0.2) is 0 Å². The minimum absolute atomic E-state index is 0.106. The zero-order valence-electron chi connectivity index (χ0n) is 10.1. The number of ether oxygens (including phenoxy) is 1. The van der Waals surface area contributed by atoms with E-state index >= 15 is 0 Å². The number of carbonyl (C=O) groups is 1. The monoisotopic (exact) mass is 223 g/mol. The third-order valence-electron chi connectivity index (χ3n) is 2.38. The number of hydrogen-bond acceptors (Lipinski definition) is 5. The summed E-state index contributed by atoms with van der Waals surface area (Å²) in [5.41, 5.74) is 0.955. The molecule has 0 aliphatic rings. The van der Waals surface area contributed by atoms with Crippen molar-refractivity contribution in [3.8, 4) is 0 Å². The van der Waals surface area contributed by atoms with Crippen LogP contribution in [0.15, 0.2) is 6.20 Å². The van der Waals surface area contributed by atoms with Crippen LogP contribution in [0.25, 0.3) is 0 Å². The van der Waals surface area contributed by atoms with Crippen LogP contribution in [0.3, 0.4) is 0 Å². The minimum atomic E-state index is -0.506. The maximum atomic E-state index is 11.3. The Hall–Kier alpha value is -1.65. The Morgan fingerprint density at radius 1 is 1.44 bits per heavy atom. The van der Waals surface area contributed by atoms with Gasteiger partial charge >= 0.3 is 5.97 Å². The maximum absolute atomic E-state index is 11.3. The smallest absolute Gasteiger partial charge is 0.376 e. The average Bonchev–Trinajstić information content (AvgIpc) is 2.32. The van der Waals surface area contributed by atoms with Gasteiger partial charge in [0.25, 0.3) is 0 Å². The standard InChI is InChI=1S/C11H17N3O2/c1-5-14(6-2)10-8(3)7-12-9(13-10)11(15)16-4/h7H,5-6H2,1-4H3. The van der Waals surface area contributed by atoms with Crippen LogP contribution >= 0.6 is 0 Å². The van der Waals surface area contributed by atoms with E-state index < -0.39 is 5.97 Å². The van der Waals surface area contributed by atoms with Gasteiger partial charge in [-0.05, 0) is 20.8 Å². The fourth-order valence-electron chi connectivity index (χ4n) is 1.47. The lowest BCUT2D eigenvalue weighted by Crippen LogP contribution is -2.25.